The smallest absolute Gasteiger partial charge is 0.252 e. The molecule has 0 spiro atoms. The summed E-state index contributed by atoms with van der Waals surface area (Å²) < 4.78 is 31.6. The van der Waals surface area contributed by atoms with Gasteiger partial charge in [-0.15, -0.1) is 11.3 Å². The lowest BCUT2D eigenvalue weighted by molar-refractivity contribution is -0.117. The van der Waals surface area contributed by atoms with Gasteiger partial charge >= 0.3 is 0 Å². The number of amides is 1. The van der Waals surface area contributed by atoms with E-state index < -0.39 is 10.0 Å². The van der Waals surface area contributed by atoms with Gasteiger partial charge in [-0.25, -0.2) is 13.4 Å². The number of carbonyl (C=O) groups is 1. The molecule has 1 aliphatic rings. The highest BCUT2D eigenvalue weighted by atomic mass is 32.2. The Kier molecular flexibility index (Phi) is 3.85. The van der Waals surface area contributed by atoms with Crippen molar-refractivity contribution in [2.75, 3.05) is 13.1 Å². The van der Waals surface area contributed by atoms with E-state index in [-0.39, 0.29) is 29.2 Å². The molecule has 0 atom stereocenters. The van der Waals surface area contributed by atoms with E-state index in [0.29, 0.717) is 10.6 Å². The molecular formula is C13H13N3O4S2. The number of thiophene rings is 1. The van der Waals surface area contributed by atoms with Crippen LogP contribution in [0.2, 0.25) is 0 Å². The average molecular weight is 339 g/mol. The van der Waals surface area contributed by atoms with Crippen molar-refractivity contribution < 1.29 is 17.6 Å². The summed E-state index contributed by atoms with van der Waals surface area (Å²) in [6, 6.07) is 3.07. The third kappa shape index (κ3) is 2.70. The molecular weight excluding hydrogens is 326 g/mol. The van der Waals surface area contributed by atoms with Gasteiger partial charge in [-0.2, -0.15) is 4.31 Å². The van der Waals surface area contributed by atoms with Crippen LogP contribution in [0.15, 0.2) is 46.0 Å². The Morgan fingerprint density at radius 3 is 2.91 bits per heavy atom. The molecule has 0 unspecified atom stereocenters. The molecule has 0 aliphatic carbocycles. The first kappa shape index (κ1) is 14.9. The van der Waals surface area contributed by atoms with Crippen LogP contribution >= 0.6 is 11.3 Å². The molecule has 9 heteroatoms. The minimum atomic E-state index is -3.54. The average Bonchev–Trinajstić information content (AvgIpc) is 3.10. The van der Waals surface area contributed by atoms with Crippen molar-refractivity contribution in [3.05, 3.63) is 37.4 Å². The van der Waals surface area contributed by atoms with Crippen LogP contribution in [0, 0.1) is 0 Å². The van der Waals surface area contributed by atoms with Gasteiger partial charge in [-0.3, -0.25) is 4.79 Å². The predicted molar refractivity (Wildman–Crippen MR) is 80.7 cm³/mol. The fourth-order valence-electron chi connectivity index (χ4n) is 2.04. The lowest BCUT2D eigenvalue weighted by atomic mass is 10.2. The normalized spacial score (nSPS) is 16.2. The Hall–Kier alpha value is -1.97. The number of oxazole rings is 1. The summed E-state index contributed by atoms with van der Waals surface area (Å²) in [6.07, 6.45) is 4.00. The molecule has 2 aromatic rings. The topological polar surface area (TPSA) is 92.5 Å². The van der Waals surface area contributed by atoms with E-state index in [2.05, 4.69) is 16.9 Å². The summed E-state index contributed by atoms with van der Waals surface area (Å²) in [6.45, 7) is 3.88. The molecule has 1 amide bonds. The highest BCUT2D eigenvalue weighted by Crippen LogP contribution is 2.33. The second-order valence-electron chi connectivity index (χ2n) is 4.72. The summed E-state index contributed by atoms with van der Waals surface area (Å²) in [4.78, 5) is 15.7. The van der Waals surface area contributed by atoms with Crippen molar-refractivity contribution in [2.24, 2.45) is 0 Å². The number of nitrogens with one attached hydrogen (secondary N) is 1. The van der Waals surface area contributed by atoms with E-state index in [0.717, 1.165) is 11.3 Å². The van der Waals surface area contributed by atoms with E-state index >= 15 is 0 Å². The monoisotopic (exact) mass is 339 g/mol. The van der Waals surface area contributed by atoms with Crippen LogP contribution < -0.4 is 5.32 Å². The van der Waals surface area contributed by atoms with E-state index in [1.54, 1.807) is 12.1 Å². The number of rotatable bonds is 5. The van der Waals surface area contributed by atoms with Gasteiger partial charge < -0.3 is 9.73 Å². The standard InChI is InChI=1S/C13H13N3O4S2/c1-2-12(17)15-9-6-16(7-9)22(18,19)13-4-3-11(21-13)10-5-14-8-20-10/h2-5,8-9H,1,6-7H2,(H,15,17). The zero-order chi connectivity index (χ0) is 15.7. The summed E-state index contributed by atoms with van der Waals surface area (Å²) in [5, 5.41) is 2.66. The molecule has 3 rings (SSSR count). The van der Waals surface area contributed by atoms with Crippen LogP contribution in [0.1, 0.15) is 0 Å². The second-order valence-corrected chi connectivity index (χ2v) is 7.96. The summed E-state index contributed by atoms with van der Waals surface area (Å²) in [7, 11) is -3.54. The summed E-state index contributed by atoms with van der Waals surface area (Å²) in [5.41, 5.74) is 0. The first-order valence-electron chi connectivity index (χ1n) is 6.42. The largest absolute Gasteiger partial charge is 0.443 e. The molecule has 116 valence electrons. The lowest BCUT2D eigenvalue weighted by Gasteiger charge is -2.37. The maximum absolute atomic E-state index is 12.5. The fraction of sp³-hybridized carbons (Fsp3) is 0.231. The number of carbonyl (C=O) groups excluding carboxylic acids is 1. The van der Waals surface area contributed by atoms with Gasteiger partial charge in [0.25, 0.3) is 10.0 Å². The molecule has 1 aliphatic heterocycles. The molecule has 0 bridgehead atoms. The van der Waals surface area contributed by atoms with E-state index in [1.165, 1.54) is 23.0 Å². The van der Waals surface area contributed by atoms with E-state index in [1.807, 2.05) is 0 Å². The van der Waals surface area contributed by atoms with Crippen LogP contribution in [0.5, 0.6) is 0 Å². The zero-order valence-corrected chi connectivity index (χ0v) is 13.1. The van der Waals surface area contributed by atoms with Gasteiger partial charge in [0, 0.05) is 13.1 Å². The first-order chi connectivity index (χ1) is 10.5. The molecule has 22 heavy (non-hydrogen) atoms. The fourth-order valence-corrected chi connectivity index (χ4v) is 4.99. The Bertz CT molecular complexity index is 789. The lowest BCUT2D eigenvalue weighted by Crippen LogP contribution is -2.60. The highest BCUT2D eigenvalue weighted by Gasteiger charge is 2.38. The quantitative estimate of drug-likeness (QED) is 0.823. The molecule has 0 radical (unpaired) electrons. The Balaban J connectivity index is 1.70. The van der Waals surface area contributed by atoms with Crippen LogP contribution in [-0.4, -0.2) is 42.7 Å². The van der Waals surface area contributed by atoms with Gasteiger partial charge in [-0.1, -0.05) is 6.58 Å². The summed E-state index contributed by atoms with van der Waals surface area (Å²) >= 11 is 1.13. The van der Waals surface area contributed by atoms with E-state index in [4.69, 9.17) is 4.42 Å². The van der Waals surface area contributed by atoms with Crippen molar-refractivity contribution in [3.63, 3.8) is 0 Å². The first-order valence-corrected chi connectivity index (χ1v) is 8.68. The number of hydrogen-bond donors (Lipinski definition) is 1. The number of aromatic nitrogens is 1. The zero-order valence-electron chi connectivity index (χ0n) is 11.4. The Morgan fingerprint density at radius 2 is 2.27 bits per heavy atom. The maximum Gasteiger partial charge on any atom is 0.252 e. The van der Waals surface area contributed by atoms with Crippen LogP contribution in [-0.2, 0) is 14.8 Å². The van der Waals surface area contributed by atoms with Crippen molar-refractivity contribution >= 4 is 27.3 Å². The van der Waals surface area contributed by atoms with Gasteiger partial charge in [-0.05, 0) is 18.2 Å². The molecule has 1 N–H and O–H groups in total. The molecule has 2 aromatic heterocycles. The molecule has 0 saturated carbocycles. The molecule has 3 heterocycles. The Labute approximate surface area is 131 Å². The minimum Gasteiger partial charge on any atom is -0.443 e. The van der Waals surface area contributed by atoms with Gasteiger partial charge in [0.05, 0.1) is 17.1 Å². The SMILES string of the molecule is C=CC(=O)NC1CN(S(=O)(=O)c2ccc(-c3cnco3)s2)C1. The van der Waals surface area contributed by atoms with Crippen molar-refractivity contribution in [1.29, 1.82) is 0 Å². The molecule has 0 aromatic carbocycles. The van der Waals surface area contributed by atoms with Gasteiger partial charge in [0.15, 0.2) is 12.2 Å². The predicted octanol–water partition coefficient (Wildman–Crippen LogP) is 1.08. The van der Waals surface area contributed by atoms with Crippen molar-refractivity contribution in [1.82, 2.24) is 14.6 Å². The molecule has 1 fully saturated rings. The number of nitrogens with zero attached hydrogens (tertiary/aromatic N) is 2. The number of hydrogen-bond acceptors (Lipinski definition) is 6. The van der Waals surface area contributed by atoms with Gasteiger partial charge in [0.2, 0.25) is 5.91 Å². The molecule has 7 nitrogen and oxygen atoms in total. The number of sulfonamides is 1. The minimum absolute atomic E-state index is 0.172. The molecule has 1 saturated heterocycles. The van der Waals surface area contributed by atoms with Gasteiger partial charge in [0.1, 0.15) is 4.21 Å². The van der Waals surface area contributed by atoms with Crippen molar-refractivity contribution in [3.8, 4) is 10.6 Å². The van der Waals surface area contributed by atoms with Crippen LogP contribution in [0.4, 0.5) is 0 Å². The maximum atomic E-state index is 12.5. The Morgan fingerprint density at radius 1 is 1.50 bits per heavy atom. The highest BCUT2D eigenvalue weighted by molar-refractivity contribution is 7.91. The van der Waals surface area contributed by atoms with E-state index in [9.17, 15) is 13.2 Å². The summed E-state index contributed by atoms with van der Waals surface area (Å²) in [5.74, 6) is 0.233. The third-order valence-corrected chi connectivity index (χ3v) is 6.63. The third-order valence-electron chi connectivity index (χ3n) is 3.23. The van der Waals surface area contributed by atoms with Crippen LogP contribution in [0.25, 0.3) is 10.6 Å². The van der Waals surface area contributed by atoms with Crippen LogP contribution in [0.3, 0.4) is 0 Å². The van der Waals surface area contributed by atoms with Crippen molar-refractivity contribution in [2.45, 2.75) is 10.3 Å². The second kappa shape index (κ2) is 5.67.